The number of benzene rings is 3. The first-order valence-corrected chi connectivity index (χ1v) is 15.1. The fourth-order valence-corrected chi connectivity index (χ4v) is 5.68. The molecule has 222 valence electrons. The van der Waals surface area contributed by atoms with Crippen LogP contribution in [0.25, 0.3) is 11.1 Å². The summed E-state index contributed by atoms with van der Waals surface area (Å²) >= 11 is 0. The van der Waals surface area contributed by atoms with E-state index in [4.69, 9.17) is 4.74 Å². The minimum atomic E-state index is -0.420. The Balaban J connectivity index is 0.968. The fourth-order valence-electron chi connectivity index (χ4n) is 5.68. The van der Waals surface area contributed by atoms with Crippen LogP contribution in [0.1, 0.15) is 41.6 Å². The third-order valence-corrected chi connectivity index (χ3v) is 8.19. The van der Waals surface area contributed by atoms with E-state index in [1.807, 2.05) is 78.9 Å². The Labute approximate surface area is 248 Å². The number of anilines is 1. The number of carbonyl (C=O) groups is 2. The average molecular weight is 571 g/mol. The van der Waals surface area contributed by atoms with E-state index in [2.05, 4.69) is 20.4 Å². The standard InChI is InChI=1S/C34H42N4O4/c39-29-14-19-38(20-15-29)25-26-10-12-28(13-11-26)33(40)24-35-18-23-37-21-16-30(17-22-37)42-34(41)36-32-9-5-4-8-31(32)27-6-2-1-3-7-27/h1-13,29-30,35,39H,14-25H2,(H,36,41). The monoisotopic (exact) mass is 570 g/mol. The van der Waals surface area contributed by atoms with Gasteiger partial charge >= 0.3 is 6.09 Å². The number of piperidine rings is 2. The molecule has 0 bridgehead atoms. The van der Waals surface area contributed by atoms with E-state index in [9.17, 15) is 14.7 Å². The highest BCUT2D eigenvalue weighted by molar-refractivity contribution is 5.97. The summed E-state index contributed by atoms with van der Waals surface area (Å²) in [6, 6.07) is 25.6. The summed E-state index contributed by atoms with van der Waals surface area (Å²) in [5, 5.41) is 15.9. The minimum Gasteiger partial charge on any atom is -0.446 e. The number of likely N-dealkylation sites (tertiary alicyclic amines) is 2. The molecule has 0 aromatic heterocycles. The highest BCUT2D eigenvalue weighted by Gasteiger charge is 2.23. The summed E-state index contributed by atoms with van der Waals surface area (Å²) in [7, 11) is 0. The zero-order valence-electron chi connectivity index (χ0n) is 24.2. The van der Waals surface area contributed by atoms with E-state index >= 15 is 0 Å². The predicted molar refractivity (Wildman–Crippen MR) is 166 cm³/mol. The second-order valence-electron chi connectivity index (χ2n) is 11.3. The molecule has 3 aromatic carbocycles. The number of para-hydroxylation sites is 1. The van der Waals surface area contributed by atoms with Crippen LogP contribution < -0.4 is 10.6 Å². The highest BCUT2D eigenvalue weighted by atomic mass is 16.6. The number of ketones is 1. The van der Waals surface area contributed by atoms with E-state index in [1.165, 1.54) is 5.56 Å². The Morgan fingerprint density at radius 3 is 2.21 bits per heavy atom. The fraction of sp³-hybridized carbons (Fsp3) is 0.412. The first kappa shape index (κ1) is 29.9. The van der Waals surface area contributed by atoms with Gasteiger partial charge in [-0.3, -0.25) is 15.0 Å². The molecule has 3 aromatic rings. The van der Waals surface area contributed by atoms with Gasteiger partial charge in [0, 0.05) is 56.9 Å². The Morgan fingerprint density at radius 1 is 0.810 bits per heavy atom. The average Bonchev–Trinajstić information content (AvgIpc) is 3.02. The van der Waals surface area contributed by atoms with Crippen molar-refractivity contribution in [3.05, 3.63) is 90.0 Å². The number of aliphatic hydroxyl groups is 1. The van der Waals surface area contributed by atoms with Gasteiger partial charge in [-0.05, 0) is 42.9 Å². The number of Topliss-reactive ketones (excluding diaryl/α,β-unsaturated/α-hetero) is 1. The van der Waals surface area contributed by atoms with Gasteiger partial charge < -0.3 is 20.1 Å². The smallest absolute Gasteiger partial charge is 0.411 e. The van der Waals surface area contributed by atoms with Crippen molar-refractivity contribution in [3.63, 3.8) is 0 Å². The Bertz CT molecular complexity index is 1280. The van der Waals surface area contributed by atoms with Crippen LogP contribution >= 0.6 is 0 Å². The molecule has 2 aliphatic rings. The van der Waals surface area contributed by atoms with Gasteiger partial charge in [-0.1, -0.05) is 72.8 Å². The van der Waals surface area contributed by atoms with Crippen molar-refractivity contribution in [1.29, 1.82) is 0 Å². The van der Waals surface area contributed by atoms with Crippen molar-refractivity contribution in [3.8, 4) is 11.1 Å². The van der Waals surface area contributed by atoms with Crippen LogP contribution in [0.4, 0.5) is 10.5 Å². The van der Waals surface area contributed by atoms with Crippen LogP contribution in [0.2, 0.25) is 0 Å². The third kappa shape index (κ3) is 8.72. The lowest BCUT2D eigenvalue weighted by atomic mass is 10.0. The molecule has 3 N–H and O–H groups in total. The van der Waals surface area contributed by atoms with Crippen LogP contribution in [-0.2, 0) is 11.3 Å². The van der Waals surface area contributed by atoms with Crippen molar-refractivity contribution >= 4 is 17.6 Å². The lowest BCUT2D eigenvalue weighted by Crippen LogP contribution is -2.42. The Kier molecular flexibility index (Phi) is 10.7. The van der Waals surface area contributed by atoms with Crippen molar-refractivity contribution in [1.82, 2.24) is 15.1 Å². The SMILES string of the molecule is O=C(Nc1ccccc1-c1ccccc1)OC1CCN(CCNCC(=O)c2ccc(CN3CCC(O)CC3)cc2)CC1. The van der Waals surface area contributed by atoms with Crippen molar-refractivity contribution in [2.24, 2.45) is 0 Å². The molecule has 0 saturated carbocycles. The summed E-state index contributed by atoms with van der Waals surface area (Å²) in [6.45, 7) is 6.28. The molecule has 5 rings (SSSR count). The molecule has 2 saturated heterocycles. The van der Waals surface area contributed by atoms with Gasteiger partial charge in [0.25, 0.3) is 0 Å². The molecule has 2 fully saturated rings. The normalized spacial score (nSPS) is 17.2. The van der Waals surface area contributed by atoms with Gasteiger partial charge in [-0.25, -0.2) is 4.79 Å². The van der Waals surface area contributed by atoms with Crippen LogP contribution in [0.15, 0.2) is 78.9 Å². The molecule has 0 radical (unpaired) electrons. The van der Waals surface area contributed by atoms with Gasteiger partial charge in [0.15, 0.2) is 5.78 Å². The molecule has 8 nitrogen and oxygen atoms in total. The number of nitrogens with zero attached hydrogens (tertiary/aromatic N) is 2. The maximum absolute atomic E-state index is 12.7. The van der Waals surface area contributed by atoms with E-state index < -0.39 is 6.09 Å². The molecule has 0 unspecified atom stereocenters. The number of amides is 1. The van der Waals surface area contributed by atoms with E-state index in [-0.39, 0.29) is 18.0 Å². The van der Waals surface area contributed by atoms with Crippen LogP contribution in [0.5, 0.6) is 0 Å². The number of hydrogen-bond donors (Lipinski definition) is 3. The number of hydrogen-bond acceptors (Lipinski definition) is 7. The molecule has 0 aliphatic carbocycles. The summed E-state index contributed by atoms with van der Waals surface area (Å²) in [5.74, 6) is 0.0922. The Morgan fingerprint density at radius 2 is 1.48 bits per heavy atom. The molecule has 42 heavy (non-hydrogen) atoms. The highest BCUT2D eigenvalue weighted by Crippen LogP contribution is 2.28. The van der Waals surface area contributed by atoms with Crippen molar-refractivity contribution in [2.75, 3.05) is 51.1 Å². The molecule has 0 atom stereocenters. The van der Waals surface area contributed by atoms with Gasteiger partial charge in [0.05, 0.1) is 18.3 Å². The molecular formula is C34H42N4O4. The number of aliphatic hydroxyl groups excluding tert-OH is 1. The molecule has 8 heteroatoms. The molecular weight excluding hydrogens is 528 g/mol. The maximum Gasteiger partial charge on any atom is 0.411 e. The third-order valence-electron chi connectivity index (χ3n) is 8.19. The molecule has 2 heterocycles. The van der Waals surface area contributed by atoms with Gasteiger partial charge in [-0.15, -0.1) is 0 Å². The van der Waals surface area contributed by atoms with Gasteiger partial charge in [0.1, 0.15) is 6.10 Å². The second kappa shape index (κ2) is 15.1. The van der Waals surface area contributed by atoms with Gasteiger partial charge in [-0.2, -0.15) is 0 Å². The quantitative estimate of drug-likeness (QED) is 0.225. The predicted octanol–water partition coefficient (Wildman–Crippen LogP) is 4.80. The summed E-state index contributed by atoms with van der Waals surface area (Å²) in [5.41, 5.74) is 4.66. The zero-order chi connectivity index (χ0) is 29.1. The minimum absolute atomic E-state index is 0.0922. The maximum atomic E-state index is 12.7. The van der Waals surface area contributed by atoms with E-state index in [0.29, 0.717) is 6.54 Å². The lowest BCUT2D eigenvalue weighted by molar-refractivity contribution is 0.0593. The second-order valence-corrected chi connectivity index (χ2v) is 11.3. The van der Waals surface area contributed by atoms with Crippen LogP contribution in [-0.4, -0.2) is 84.8 Å². The van der Waals surface area contributed by atoms with E-state index in [1.54, 1.807) is 0 Å². The van der Waals surface area contributed by atoms with Crippen molar-refractivity contribution in [2.45, 2.75) is 44.4 Å². The lowest BCUT2D eigenvalue weighted by Gasteiger charge is -2.31. The van der Waals surface area contributed by atoms with Crippen LogP contribution in [0, 0.1) is 0 Å². The largest absolute Gasteiger partial charge is 0.446 e. The van der Waals surface area contributed by atoms with E-state index in [0.717, 1.165) is 93.9 Å². The number of carbonyl (C=O) groups excluding carboxylic acids is 2. The number of ether oxygens (including phenoxy) is 1. The van der Waals surface area contributed by atoms with Crippen LogP contribution in [0.3, 0.4) is 0 Å². The number of nitrogens with one attached hydrogen (secondary N) is 2. The summed E-state index contributed by atoms with van der Waals surface area (Å²) in [4.78, 5) is 30.0. The molecule has 2 aliphatic heterocycles. The van der Waals surface area contributed by atoms with Crippen molar-refractivity contribution < 1.29 is 19.4 Å². The molecule has 1 amide bonds. The number of rotatable bonds is 11. The first-order valence-electron chi connectivity index (χ1n) is 15.1. The first-order chi connectivity index (χ1) is 20.5. The molecule has 0 spiro atoms. The topological polar surface area (TPSA) is 94.1 Å². The Hall–Kier alpha value is -3.56. The zero-order valence-corrected chi connectivity index (χ0v) is 24.2. The summed E-state index contributed by atoms with van der Waals surface area (Å²) in [6.07, 6.45) is 2.55. The summed E-state index contributed by atoms with van der Waals surface area (Å²) < 4.78 is 5.75. The van der Waals surface area contributed by atoms with Gasteiger partial charge in [0.2, 0.25) is 0 Å².